The normalized spacial score (nSPS) is 10.9. The zero-order chi connectivity index (χ0) is 15.7. The number of hydrogen-bond acceptors (Lipinski definition) is 3. The van der Waals surface area contributed by atoms with Crippen molar-refractivity contribution in [2.45, 2.75) is 6.54 Å². The SMILES string of the molecule is COC(=O)c1cc2ccn(Cc3ccc(F)cc3F)c2cn1. The molecule has 0 spiro atoms. The minimum absolute atomic E-state index is 0.209. The third-order valence-electron chi connectivity index (χ3n) is 3.41. The van der Waals surface area contributed by atoms with Gasteiger partial charge in [-0.3, -0.25) is 0 Å². The van der Waals surface area contributed by atoms with Crippen LogP contribution in [-0.2, 0) is 11.3 Å². The Morgan fingerprint density at radius 2 is 2.09 bits per heavy atom. The molecule has 1 aromatic carbocycles. The molecule has 0 atom stereocenters. The summed E-state index contributed by atoms with van der Waals surface area (Å²) in [6.45, 7) is 0.245. The van der Waals surface area contributed by atoms with E-state index < -0.39 is 17.6 Å². The molecule has 0 bridgehead atoms. The summed E-state index contributed by atoms with van der Waals surface area (Å²) >= 11 is 0. The van der Waals surface area contributed by atoms with E-state index >= 15 is 0 Å². The van der Waals surface area contributed by atoms with Gasteiger partial charge in [0.05, 0.1) is 25.4 Å². The second-order valence-corrected chi connectivity index (χ2v) is 4.80. The van der Waals surface area contributed by atoms with E-state index in [1.54, 1.807) is 22.9 Å². The third kappa shape index (κ3) is 2.55. The molecule has 0 aliphatic rings. The summed E-state index contributed by atoms with van der Waals surface area (Å²) in [6, 6.07) is 6.89. The van der Waals surface area contributed by atoms with Crippen LogP contribution in [-0.4, -0.2) is 22.6 Å². The van der Waals surface area contributed by atoms with Crippen LogP contribution >= 0.6 is 0 Å². The van der Waals surface area contributed by atoms with Crippen molar-refractivity contribution in [1.82, 2.24) is 9.55 Å². The number of ether oxygens (including phenoxy) is 1. The molecular weight excluding hydrogens is 290 g/mol. The van der Waals surface area contributed by atoms with Gasteiger partial charge in [0, 0.05) is 23.2 Å². The van der Waals surface area contributed by atoms with E-state index in [0.717, 1.165) is 17.0 Å². The maximum atomic E-state index is 13.7. The maximum Gasteiger partial charge on any atom is 0.356 e. The molecule has 0 radical (unpaired) electrons. The lowest BCUT2D eigenvalue weighted by molar-refractivity contribution is 0.0594. The smallest absolute Gasteiger partial charge is 0.356 e. The van der Waals surface area contributed by atoms with Gasteiger partial charge in [-0.05, 0) is 18.2 Å². The van der Waals surface area contributed by atoms with Crippen LogP contribution in [0.3, 0.4) is 0 Å². The topological polar surface area (TPSA) is 44.1 Å². The first-order valence-electron chi connectivity index (χ1n) is 6.55. The van der Waals surface area contributed by atoms with Crippen LogP contribution in [0.4, 0.5) is 8.78 Å². The summed E-state index contributed by atoms with van der Waals surface area (Å²) in [4.78, 5) is 15.5. The lowest BCUT2D eigenvalue weighted by atomic mass is 10.2. The van der Waals surface area contributed by atoms with Crippen molar-refractivity contribution < 1.29 is 18.3 Å². The van der Waals surface area contributed by atoms with Gasteiger partial charge in [-0.15, -0.1) is 0 Å². The van der Waals surface area contributed by atoms with Crippen molar-refractivity contribution in [3.05, 3.63) is 65.6 Å². The number of halogens is 2. The number of esters is 1. The molecule has 2 heterocycles. The molecule has 0 aliphatic heterocycles. The van der Waals surface area contributed by atoms with Gasteiger partial charge >= 0.3 is 5.97 Å². The van der Waals surface area contributed by atoms with E-state index in [0.29, 0.717) is 5.56 Å². The fraction of sp³-hybridized carbons (Fsp3) is 0.125. The van der Waals surface area contributed by atoms with Crippen LogP contribution in [0.1, 0.15) is 16.1 Å². The Labute approximate surface area is 125 Å². The molecule has 22 heavy (non-hydrogen) atoms. The first-order chi connectivity index (χ1) is 10.6. The van der Waals surface area contributed by atoms with Gasteiger partial charge in [0.2, 0.25) is 0 Å². The molecule has 4 nitrogen and oxygen atoms in total. The molecule has 0 fully saturated rings. The largest absolute Gasteiger partial charge is 0.464 e. The molecule has 3 rings (SSSR count). The summed E-state index contributed by atoms with van der Waals surface area (Å²) in [5.41, 5.74) is 1.33. The third-order valence-corrected chi connectivity index (χ3v) is 3.41. The number of aromatic nitrogens is 2. The predicted octanol–water partition coefficient (Wildman–Crippen LogP) is 3.15. The summed E-state index contributed by atoms with van der Waals surface area (Å²) in [6.07, 6.45) is 3.29. The van der Waals surface area contributed by atoms with E-state index in [2.05, 4.69) is 9.72 Å². The Bertz CT molecular complexity index is 858. The van der Waals surface area contributed by atoms with Crippen LogP contribution < -0.4 is 0 Å². The first kappa shape index (κ1) is 14.2. The number of benzene rings is 1. The number of nitrogens with zero attached hydrogens (tertiary/aromatic N) is 2. The second kappa shape index (κ2) is 5.55. The number of carbonyl (C=O) groups is 1. The van der Waals surface area contributed by atoms with Crippen molar-refractivity contribution in [2.75, 3.05) is 7.11 Å². The maximum absolute atomic E-state index is 13.7. The second-order valence-electron chi connectivity index (χ2n) is 4.80. The van der Waals surface area contributed by atoms with Gasteiger partial charge in [0.15, 0.2) is 0 Å². The highest BCUT2D eigenvalue weighted by Crippen LogP contribution is 2.19. The number of methoxy groups -OCH3 is 1. The van der Waals surface area contributed by atoms with Gasteiger partial charge in [0.25, 0.3) is 0 Å². The zero-order valence-electron chi connectivity index (χ0n) is 11.7. The molecule has 2 aromatic heterocycles. The summed E-state index contributed by atoms with van der Waals surface area (Å²) in [5, 5.41) is 0.790. The van der Waals surface area contributed by atoms with Crippen molar-refractivity contribution in [3.63, 3.8) is 0 Å². The first-order valence-corrected chi connectivity index (χ1v) is 6.55. The highest BCUT2D eigenvalue weighted by molar-refractivity contribution is 5.92. The average molecular weight is 302 g/mol. The number of carbonyl (C=O) groups excluding carboxylic acids is 1. The molecule has 0 saturated carbocycles. The van der Waals surface area contributed by atoms with Crippen LogP contribution in [0, 0.1) is 11.6 Å². The van der Waals surface area contributed by atoms with Gasteiger partial charge < -0.3 is 9.30 Å². The van der Waals surface area contributed by atoms with E-state index in [1.807, 2.05) is 0 Å². The van der Waals surface area contributed by atoms with E-state index in [4.69, 9.17) is 0 Å². The van der Waals surface area contributed by atoms with Gasteiger partial charge in [-0.2, -0.15) is 0 Å². The lowest BCUT2D eigenvalue weighted by Gasteiger charge is -2.07. The monoisotopic (exact) mass is 302 g/mol. The summed E-state index contributed by atoms with van der Waals surface area (Å²) < 4.78 is 33.1. The molecule has 0 N–H and O–H groups in total. The fourth-order valence-corrected chi connectivity index (χ4v) is 2.28. The fourth-order valence-electron chi connectivity index (χ4n) is 2.28. The van der Waals surface area contributed by atoms with E-state index in [-0.39, 0.29) is 12.2 Å². The lowest BCUT2D eigenvalue weighted by Crippen LogP contribution is -2.05. The van der Waals surface area contributed by atoms with Gasteiger partial charge in [-0.1, -0.05) is 6.07 Å². The van der Waals surface area contributed by atoms with Crippen LogP contribution in [0.5, 0.6) is 0 Å². The molecule has 0 aliphatic carbocycles. The Morgan fingerprint density at radius 3 is 2.82 bits per heavy atom. The van der Waals surface area contributed by atoms with Crippen LogP contribution in [0.25, 0.3) is 10.9 Å². The number of rotatable bonds is 3. The van der Waals surface area contributed by atoms with Crippen molar-refractivity contribution in [3.8, 4) is 0 Å². The summed E-state index contributed by atoms with van der Waals surface area (Å²) in [5.74, 6) is -1.72. The summed E-state index contributed by atoms with van der Waals surface area (Å²) in [7, 11) is 1.29. The standard InChI is InChI=1S/C16H12F2N2O2/c1-22-16(21)14-6-10-4-5-20(15(10)8-19-14)9-11-2-3-12(17)7-13(11)18/h2-8H,9H2,1H3. The number of pyridine rings is 1. The van der Waals surface area contributed by atoms with Crippen LogP contribution in [0.15, 0.2) is 42.7 Å². The Morgan fingerprint density at radius 1 is 1.27 bits per heavy atom. The Hall–Kier alpha value is -2.76. The van der Waals surface area contributed by atoms with Gasteiger partial charge in [-0.25, -0.2) is 18.6 Å². The molecular formula is C16H12F2N2O2. The Kier molecular flexibility index (Phi) is 3.58. The highest BCUT2D eigenvalue weighted by Gasteiger charge is 2.11. The van der Waals surface area contributed by atoms with Crippen molar-refractivity contribution >= 4 is 16.9 Å². The minimum Gasteiger partial charge on any atom is -0.464 e. The highest BCUT2D eigenvalue weighted by atomic mass is 19.1. The minimum atomic E-state index is -0.608. The van der Waals surface area contributed by atoms with Crippen LogP contribution in [0.2, 0.25) is 0 Å². The van der Waals surface area contributed by atoms with E-state index in [1.165, 1.54) is 25.4 Å². The molecule has 0 unspecified atom stereocenters. The quantitative estimate of drug-likeness (QED) is 0.698. The molecule has 112 valence electrons. The predicted molar refractivity (Wildman–Crippen MR) is 76.5 cm³/mol. The van der Waals surface area contributed by atoms with Crippen molar-refractivity contribution in [2.24, 2.45) is 0 Å². The molecule has 6 heteroatoms. The van der Waals surface area contributed by atoms with Crippen molar-refractivity contribution in [1.29, 1.82) is 0 Å². The Balaban J connectivity index is 1.96. The zero-order valence-corrected chi connectivity index (χ0v) is 11.7. The molecule has 0 amide bonds. The number of hydrogen-bond donors (Lipinski definition) is 0. The number of fused-ring (bicyclic) bond motifs is 1. The van der Waals surface area contributed by atoms with E-state index in [9.17, 15) is 13.6 Å². The average Bonchev–Trinajstić information content (AvgIpc) is 2.91. The molecule has 3 aromatic rings. The molecule has 0 saturated heterocycles. The van der Waals surface area contributed by atoms with Gasteiger partial charge in [0.1, 0.15) is 17.3 Å².